The number of phenols is 1. The molecule has 2 atom stereocenters. The summed E-state index contributed by atoms with van der Waals surface area (Å²) in [6.45, 7) is 6.38. The molecule has 1 aliphatic carbocycles. The lowest BCUT2D eigenvalue weighted by molar-refractivity contribution is -0.123. The highest BCUT2D eigenvalue weighted by molar-refractivity contribution is 5.78. The quantitative estimate of drug-likeness (QED) is 0.888. The second-order valence-electron chi connectivity index (χ2n) is 7.22. The number of benzene rings is 1. The first-order chi connectivity index (χ1) is 11.6. The van der Waals surface area contributed by atoms with E-state index in [-0.39, 0.29) is 5.91 Å². The van der Waals surface area contributed by atoms with E-state index in [0.717, 1.165) is 38.3 Å². The number of carbonyl (C=O) groups excluding carboxylic acids is 1. The Labute approximate surface area is 144 Å². The lowest BCUT2D eigenvalue weighted by atomic mass is 9.86. The smallest absolute Gasteiger partial charge is 0.234 e. The molecule has 1 saturated carbocycles. The Morgan fingerprint density at radius 3 is 2.46 bits per heavy atom. The van der Waals surface area contributed by atoms with Gasteiger partial charge in [0.25, 0.3) is 0 Å². The molecule has 2 aliphatic rings. The summed E-state index contributed by atoms with van der Waals surface area (Å²) in [5.74, 6) is 1.08. The van der Waals surface area contributed by atoms with Gasteiger partial charge in [0, 0.05) is 37.9 Å². The predicted octanol–water partition coefficient (Wildman–Crippen LogP) is 2.21. The van der Waals surface area contributed by atoms with E-state index in [9.17, 15) is 9.90 Å². The van der Waals surface area contributed by atoms with Gasteiger partial charge >= 0.3 is 0 Å². The summed E-state index contributed by atoms with van der Waals surface area (Å²) in [5, 5.41) is 12.6. The number of anilines is 1. The van der Waals surface area contributed by atoms with Gasteiger partial charge in [-0.05, 0) is 43.0 Å². The average Bonchev–Trinajstić information content (AvgIpc) is 2.58. The Hall–Kier alpha value is -1.75. The Balaban J connectivity index is 1.43. The highest BCUT2D eigenvalue weighted by Crippen LogP contribution is 2.24. The molecule has 1 heterocycles. The minimum atomic E-state index is 0.173. The molecule has 24 heavy (non-hydrogen) atoms. The Kier molecular flexibility index (Phi) is 5.61. The monoisotopic (exact) mass is 331 g/mol. The second-order valence-corrected chi connectivity index (χ2v) is 7.22. The number of phenolic OH excluding ortho intramolecular Hbond substituents is 1. The van der Waals surface area contributed by atoms with Crippen LogP contribution in [0.4, 0.5) is 5.69 Å². The highest BCUT2D eigenvalue weighted by Gasteiger charge is 2.24. The van der Waals surface area contributed by atoms with Gasteiger partial charge in [-0.2, -0.15) is 0 Å². The summed E-state index contributed by atoms with van der Waals surface area (Å²) in [6, 6.07) is 7.70. The fourth-order valence-electron chi connectivity index (χ4n) is 3.81. The van der Waals surface area contributed by atoms with Crippen molar-refractivity contribution in [2.75, 3.05) is 37.6 Å². The van der Waals surface area contributed by atoms with Crippen LogP contribution in [0.1, 0.15) is 32.6 Å². The van der Waals surface area contributed by atoms with Crippen LogP contribution in [-0.4, -0.2) is 54.7 Å². The third-order valence-corrected chi connectivity index (χ3v) is 5.41. The van der Waals surface area contributed by atoms with E-state index in [4.69, 9.17) is 0 Å². The normalized spacial score (nSPS) is 25.5. The summed E-state index contributed by atoms with van der Waals surface area (Å²) in [5.41, 5.74) is 1.13. The largest absolute Gasteiger partial charge is 0.508 e. The molecule has 0 spiro atoms. The van der Waals surface area contributed by atoms with Crippen molar-refractivity contribution in [3.8, 4) is 5.75 Å². The molecule has 1 aliphatic heterocycles. The van der Waals surface area contributed by atoms with Gasteiger partial charge in [0.2, 0.25) is 5.91 Å². The van der Waals surface area contributed by atoms with Crippen LogP contribution >= 0.6 is 0 Å². The number of hydrogen-bond acceptors (Lipinski definition) is 4. The average molecular weight is 331 g/mol. The molecule has 1 saturated heterocycles. The molecule has 0 aromatic heterocycles. The fourth-order valence-corrected chi connectivity index (χ4v) is 3.81. The zero-order chi connectivity index (χ0) is 16.9. The van der Waals surface area contributed by atoms with Crippen molar-refractivity contribution < 1.29 is 9.90 Å². The molecule has 0 radical (unpaired) electrons. The van der Waals surface area contributed by atoms with E-state index < -0.39 is 0 Å². The molecule has 2 fully saturated rings. The lowest BCUT2D eigenvalue weighted by Crippen LogP contribution is -2.51. The molecule has 2 N–H and O–H groups in total. The maximum Gasteiger partial charge on any atom is 0.234 e. The number of rotatable bonds is 4. The van der Waals surface area contributed by atoms with E-state index in [1.165, 1.54) is 19.3 Å². The van der Waals surface area contributed by atoms with Crippen molar-refractivity contribution in [3.05, 3.63) is 24.3 Å². The third-order valence-electron chi connectivity index (χ3n) is 5.41. The van der Waals surface area contributed by atoms with Crippen molar-refractivity contribution in [2.24, 2.45) is 5.92 Å². The summed E-state index contributed by atoms with van der Waals surface area (Å²) < 4.78 is 0. The highest BCUT2D eigenvalue weighted by atomic mass is 16.3. The summed E-state index contributed by atoms with van der Waals surface area (Å²) in [6.07, 6.45) is 4.89. The molecular weight excluding hydrogens is 302 g/mol. The summed E-state index contributed by atoms with van der Waals surface area (Å²) in [4.78, 5) is 16.9. The lowest BCUT2D eigenvalue weighted by Gasteiger charge is -2.36. The van der Waals surface area contributed by atoms with E-state index >= 15 is 0 Å². The van der Waals surface area contributed by atoms with Gasteiger partial charge in [-0.3, -0.25) is 9.69 Å². The number of piperazine rings is 1. The van der Waals surface area contributed by atoms with E-state index in [1.54, 1.807) is 12.1 Å². The summed E-state index contributed by atoms with van der Waals surface area (Å²) >= 11 is 0. The van der Waals surface area contributed by atoms with Gasteiger partial charge in [0.1, 0.15) is 5.75 Å². The first kappa shape index (κ1) is 17.1. The van der Waals surface area contributed by atoms with Crippen LogP contribution < -0.4 is 10.2 Å². The number of hydrogen-bond donors (Lipinski definition) is 2. The molecule has 132 valence electrons. The van der Waals surface area contributed by atoms with Crippen molar-refractivity contribution >= 4 is 11.6 Å². The van der Waals surface area contributed by atoms with Gasteiger partial charge in [-0.15, -0.1) is 0 Å². The van der Waals surface area contributed by atoms with Crippen LogP contribution in [0.2, 0.25) is 0 Å². The maximum absolute atomic E-state index is 12.3. The standard InChI is InChI=1S/C19H29N3O2/c1-15-4-2-3-5-18(15)20-19(24)14-21-10-12-22(13-11-21)16-6-8-17(23)9-7-16/h6-9,15,18,23H,2-5,10-14H2,1H3,(H,20,24)/t15-,18-/m1/s1. The maximum atomic E-state index is 12.3. The van der Waals surface area contributed by atoms with Crippen molar-refractivity contribution in [3.63, 3.8) is 0 Å². The predicted molar refractivity (Wildman–Crippen MR) is 96.3 cm³/mol. The van der Waals surface area contributed by atoms with E-state index in [2.05, 4.69) is 22.0 Å². The van der Waals surface area contributed by atoms with Crippen LogP contribution in [0.25, 0.3) is 0 Å². The molecular formula is C19H29N3O2. The first-order valence-electron chi connectivity index (χ1n) is 9.17. The van der Waals surface area contributed by atoms with Gasteiger partial charge in [0.05, 0.1) is 6.54 Å². The van der Waals surface area contributed by atoms with Crippen LogP contribution in [0.5, 0.6) is 5.75 Å². The minimum Gasteiger partial charge on any atom is -0.508 e. The molecule has 0 bridgehead atoms. The molecule has 0 unspecified atom stereocenters. The number of aromatic hydroxyl groups is 1. The SMILES string of the molecule is C[C@@H]1CCCC[C@H]1NC(=O)CN1CCN(c2ccc(O)cc2)CC1. The molecule has 1 amide bonds. The molecule has 5 nitrogen and oxygen atoms in total. The molecule has 1 aromatic carbocycles. The molecule has 5 heteroatoms. The Morgan fingerprint density at radius 2 is 1.79 bits per heavy atom. The Morgan fingerprint density at radius 1 is 1.12 bits per heavy atom. The van der Waals surface area contributed by atoms with Crippen LogP contribution in [0, 0.1) is 5.92 Å². The topological polar surface area (TPSA) is 55.8 Å². The second kappa shape index (κ2) is 7.88. The van der Waals surface area contributed by atoms with Crippen molar-refractivity contribution in [1.29, 1.82) is 0 Å². The van der Waals surface area contributed by atoms with Gasteiger partial charge in [0.15, 0.2) is 0 Å². The van der Waals surface area contributed by atoms with Crippen LogP contribution in [0.15, 0.2) is 24.3 Å². The Bertz CT molecular complexity index is 538. The van der Waals surface area contributed by atoms with Crippen molar-refractivity contribution in [1.82, 2.24) is 10.2 Å². The van der Waals surface area contributed by atoms with Gasteiger partial charge in [-0.25, -0.2) is 0 Å². The zero-order valence-electron chi connectivity index (χ0n) is 14.6. The minimum absolute atomic E-state index is 0.173. The first-order valence-corrected chi connectivity index (χ1v) is 9.17. The number of amides is 1. The molecule has 3 rings (SSSR count). The van der Waals surface area contributed by atoms with E-state index in [0.29, 0.717) is 24.3 Å². The van der Waals surface area contributed by atoms with Crippen LogP contribution in [-0.2, 0) is 4.79 Å². The van der Waals surface area contributed by atoms with Crippen molar-refractivity contribution in [2.45, 2.75) is 38.6 Å². The number of nitrogens with zero attached hydrogens (tertiary/aromatic N) is 2. The van der Waals surface area contributed by atoms with E-state index in [1.807, 2.05) is 12.1 Å². The fraction of sp³-hybridized carbons (Fsp3) is 0.632. The van der Waals surface area contributed by atoms with Gasteiger partial charge in [-0.1, -0.05) is 19.8 Å². The zero-order valence-corrected chi connectivity index (χ0v) is 14.6. The number of carbonyl (C=O) groups is 1. The molecule has 1 aromatic rings. The summed E-state index contributed by atoms with van der Waals surface area (Å²) in [7, 11) is 0. The third kappa shape index (κ3) is 4.41. The van der Waals surface area contributed by atoms with Gasteiger partial charge < -0.3 is 15.3 Å². The van der Waals surface area contributed by atoms with Crippen LogP contribution in [0.3, 0.4) is 0 Å². The number of nitrogens with one attached hydrogen (secondary N) is 1.